The van der Waals surface area contributed by atoms with Gasteiger partial charge in [0.2, 0.25) is 5.91 Å². The Kier molecular flexibility index (Phi) is 5.07. The number of fused-ring (bicyclic) bond motifs is 4. The highest BCUT2D eigenvalue weighted by atomic mass is 16.5. The molecule has 5 nitrogen and oxygen atoms in total. The van der Waals surface area contributed by atoms with E-state index in [4.69, 9.17) is 9.47 Å². The van der Waals surface area contributed by atoms with E-state index in [9.17, 15) is 4.79 Å². The van der Waals surface area contributed by atoms with Crippen LogP contribution >= 0.6 is 0 Å². The fourth-order valence-electron chi connectivity index (χ4n) is 4.68. The van der Waals surface area contributed by atoms with E-state index in [1.807, 2.05) is 6.07 Å². The highest BCUT2D eigenvalue weighted by molar-refractivity contribution is 5.79. The molecular formula is C21H30N2O3. The molecule has 3 saturated heterocycles. The number of ether oxygens (including phenoxy) is 2. The number of rotatable bonds is 5. The van der Waals surface area contributed by atoms with Crippen LogP contribution in [-0.4, -0.2) is 55.6 Å². The first kappa shape index (κ1) is 17.7. The molecule has 1 aromatic carbocycles. The second-order valence-electron chi connectivity index (χ2n) is 8.09. The lowest BCUT2D eigenvalue weighted by Crippen LogP contribution is -2.45. The van der Waals surface area contributed by atoms with Crippen LogP contribution in [0.2, 0.25) is 0 Å². The summed E-state index contributed by atoms with van der Waals surface area (Å²) < 4.78 is 10.8. The summed E-state index contributed by atoms with van der Waals surface area (Å²) in [5.74, 6) is 2.89. The third-order valence-corrected chi connectivity index (χ3v) is 6.43. The van der Waals surface area contributed by atoms with Crippen molar-refractivity contribution in [2.45, 2.75) is 44.7 Å². The van der Waals surface area contributed by atoms with E-state index in [1.54, 1.807) is 14.2 Å². The number of hydrogen-bond donors (Lipinski definition) is 0. The fourth-order valence-corrected chi connectivity index (χ4v) is 4.68. The Balaban J connectivity index is 1.46. The number of piperidine rings is 1. The summed E-state index contributed by atoms with van der Waals surface area (Å²) in [6, 6.07) is 6.66. The average molecular weight is 358 g/mol. The molecule has 0 N–H and O–H groups in total. The lowest BCUT2D eigenvalue weighted by molar-refractivity contribution is -0.138. The quantitative estimate of drug-likeness (QED) is 0.812. The van der Waals surface area contributed by atoms with Gasteiger partial charge >= 0.3 is 0 Å². The third kappa shape index (κ3) is 3.41. The zero-order chi connectivity index (χ0) is 18.1. The van der Waals surface area contributed by atoms with Crippen LogP contribution in [0.25, 0.3) is 0 Å². The molecule has 2 bridgehead atoms. The molecule has 2 atom stereocenters. The zero-order valence-electron chi connectivity index (χ0n) is 15.9. The average Bonchev–Trinajstić information content (AvgIpc) is 2.92. The van der Waals surface area contributed by atoms with Crippen molar-refractivity contribution in [3.63, 3.8) is 0 Å². The van der Waals surface area contributed by atoms with Gasteiger partial charge in [0, 0.05) is 38.1 Å². The maximum absolute atomic E-state index is 12.7. The lowest BCUT2D eigenvalue weighted by Gasteiger charge is -2.36. The summed E-state index contributed by atoms with van der Waals surface area (Å²) in [4.78, 5) is 17.5. The van der Waals surface area contributed by atoms with Gasteiger partial charge in [-0.05, 0) is 49.3 Å². The molecule has 3 heterocycles. The van der Waals surface area contributed by atoms with Crippen molar-refractivity contribution in [2.75, 3.05) is 33.9 Å². The number of carbonyl (C=O) groups excluding carboxylic acids is 1. The van der Waals surface area contributed by atoms with Gasteiger partial charge in [0.05, 0.1) is 14.2 Å². The lowest BCUT2D eigenvalue weighted by atomic mass is 9.84. The van der Waals surface area contributed by atoms with Crippen LogP contribution in [0.3, 0.4) is 0 Å². The second-order valence-corrected chi connectivity index (χ2v) is 8.09. The van der Waals surface area contributed by atoms with Gasteiger partial charge in [-0.2, -0.15) is 0 Å². The van der Waals surface area contributed by atoms with Gasteiger partial charge in [0.25, 0.3) is 0 Å². The van der Waals surface area contributed by atoms with Crippen LogP contribution < -0.4 is 9.47 Å². The Morgan fingerprint density at radius 1 is 1.04 bits per heavy atom. The van der Waals surface area contributed by atoms with E-state index in [-0.39, 0.29) is 0 Å². The molecule has 0 aromatic heterocycles. The van der Waals surface area contributed by atoms with E-state index in [0.29, 0.717) is 23.8 Å². The van der Waals surface area contributed by atoms with Gasteiger partial charge < -0.3 is 14.4 Å². The third-order valence-electron chi connectivity index (χ3n) is 6.43. The van der Waals surface area contributed by atoms with Gasteiger partial charge in [-0.25, -0.2) is 0 Å². The summed E-state index contributed by atoms with van der Waals surface area (Å²) in [6.45, 7) is 3.85. The van der Waals surface area contributed by atoms with Crippen molar-refractivity contribution in [3.05, 3.63) is 23.8 Å². The molecule has 5 heteroatoms. The van der Waals surface area contributed by atoms with Crippen molar-refractivity contribution in [1.82, 2.24) is 9.80 Å². The maximum Gasteiger partial charge on any atom is 0.225 e. The van der Waals surface area contributed by atoms with Gasteiger partial charge in [0.1, 0.15) is 0 Å². The van der Waals surface area contributed by atoms with Crippen molar-refractivity contribution in [2.24, 2.45) is 11.8 Å². The summed E-state index contributed by atoms with van der Waals surface area (Å²) in [7, 11) is 3.35. The number of nitrogens with zero attached hydrogens (tertiary/aromatic N) is 2. The predicted octanol–water partition coefficient (Wildman–Crippen LogP) is 2.93. The van der Waals surface area contributed by atoms with E-state index in [0.717, 1.165) is 50.5 Å². The minimum Gasteiger partial charge on any atom is -0.493 e. The van der Waals surface area contributed by atoms with Gasteiger partial charge in [-0.1, -0.05) is 12.5 Å². The van der Waals surface area contributed by atoms with Crippen molar-refractivity contribution < 1.29 is 14.3 Å². The number of hydrogen-bond acceptors (Lipinski definition) is 4. The van der Waals surface area contributed by atoms with Crippen LogP contribution in [-0.2, 0) is 11.3 Å². The molecule has 3 aliphatic heterocycles. The van der Waals surface area contributed by atoms with Gasteiger partial charge in [-0.3, -0.25) is 9.69 Å². The van der Waals surface area contributed by atoms with Crippen LogP contribution in [0.5, 0.6) is 11.5 Å². The molecule has 1 saturated carbocycles. The first-order valence-electron chi connectivity index (χ1n) is 9.91. The van der Waals surface area contributed by atoms with Crippen molar-refractivity contribution >= 4 is 5.91 Å². The first-order chi connectivity index (χ1) is 12.7. The highest BCUT2D eigenvalue weighted by Gasteiger charge is 2.39. The Hall–Kier alpha value is -1.75. The molecule has 4 fully saturated rings. The van der Waals surface area contributed by atoms with Crippen molar-refractivity contribution in [1.29, 1.82) is 0 Å². The number of benzene rings is 1. The second kappa shape index (κ2) is 7.47. The molecule has 0 spiro atoms. The number of methoxy groups -OCH3 is 2. The Morgan fingerprint density at radius 3 is 2.54 bits per heavy atom. The molecule has 0 unspecified atom stereocenters. The number of carbonyl (C=O) groups is 1. The summed E-state index contributed by atoms with van der Waals surface area (Å²) in [5, 5.41) is 0. The maximum atomic E-state index is 12.7. The molecule has 5 rings (SSSR count). The molecule has 1 aromatic rings. The first-order valence-corrected chi connectivity index (χ1v) is 9.91. The molecule has 4 aliphatic rings. The monoisotopic (exact) mass is 358 g/mol. The molecular weight excluding hydrogens is 328 g/mol. The standard InChI is InChI=1S/C21H30N2O3/c1-25-19-9-7-15(10-20(19)26-2)11-22-12-16-6-8-18(22)14-23(13-16)21(24)17-4-3-5-17/h7,9-10,16-18H,3-6,8,11-14H2,1-2H3/t16-,18-/m1/s1. The Bertz CT molecular complexity index is 659. The van der Waals surface area contributed by atoms with E-state index < -0.39 is 0 Å². The minimum absolute atomic E-state index is 0.312. The van der Waals surface area contributed by atoms with Gasteiger partial charge in [-0.15, -0.1) is 0 Å². The van der Waals surface area contributed by atoms with Crippen LogP contribution in [0.1, 0.15) is 37.7 Å². The molecule has 26 heavy (non-hydrogen) atoms. The molecule has 1 aliphatic carbocycles. The number of amides is 1. The minimum atomic E-state index is 0.312. The van der Waals surface area contributed by atoms with E-state index in [2.05, 4.69) is 21.9 Å². The van der Waals surface area contributed by atoms with E-state index >= 15 is 0 Å². The SMILES string of the molecule is COc1ccc(CN2C[C@H]3CC[C@@H]2CN(C(=O)C2CCC2)C3)cc1OC. The Morgan fingerprint density at radius 2 is 1.85 bits per heavy atom. The molecule has 142 valence electrons. The van der Waals surface area contributed by atoms with Crippen molar-refractivity contribution in [3.8, 4) is 11.5 Å². The largest absolute Gasteiger partial charge is 0.493 e. The zero-order valence-corrected chi connectivity index (χ0v) is 15.9. The highest BCUT2D eigenvalue weighted by Crippen LogP contribution is 2.34. The fraction of sp³-hybridized carbons (Fsp3) is 0.667. The summed E-state index contributed by atoms with van der Waals surface area (Å²) in [6.07, 6.45) is 5.87. The summed E-state index contributed by atoms with van der Waals surface area (Å²) in [5.41, 5.74) is 1.24. The predicted molar refractivity (Wildman–Crippen MR) is 100 cm³/mol. The van der Waals surface area contributed by atoms with E-state index in [1.165, 1.54) is 24.8 Å². The summed E-state index contributed by atoms with van der Waals surface area (Å²) >= 11 is 0. The van der Waals surface area contributed by atoms with Crippen LogP contribution in [0.4, 0.5) is 0 Å². The van der Waals surface area contributed by atoms with Crippen LogP contribution in [0, 0.1) is 11.8 Å². The molecule has 1 amide bonds. The van der Waals surface area contributed by atoms with Gasteiger partial charge in [0.15, 0.2) is 11.5 Å². The molecule has 0 radical (unpaired) electrons. The van der Waals surface area contributed by atoms with Crippen LogP contribution in [0.15, 0.2) is 18.2 Å². The smallest absolute Gasteiger partial charge is 0.225 e. The normalized spacial score (nSPS) is 26.3. The Labute approximate surface area is 156 Å². The topological polar surface area (TPSA) is 42.0 Å².